The molecule has 126 valence electrons. The minimum atomic E-state index is -4.04. The molecule has 0 amide bonds. The molecule has 0 radical (unpaired) electrons. The summed E-state index contributed by atoms with van der Waals surface area (Å²) >= 11 is 3.24. The van der Waals surface area contributed by atoms with Gasteiger partial charge in [-0.3, -0.25) is 0 Å². The van der Waals surface area contributed by atoms with Gasteiger partial charge in [-0.2, -0.15) is 13.7 Å². The number of hydrogen-bond acceptors (Lipinski definition) is 5. The van der Waals surface area contributed by atoms with Crippen LogP contribution in [0.15, 0.2) is 39.7 Å². The van der Waals surface area contributed by atoms with Crippen LogP contribution in [0, 0.1) is 25.2 Å². The van der Waals surface area contributed by atoms with Gasteiger partial charge in [-0.15, -0.1) is 0 Å². The maximum atomic E-state index is 12.6. The van der Waals surface area contributed by atoms with Gasteiger partial charge in [-0.1, -0.05) is 17.7 Å². The summed E-state index contributed by atoms with van der Waals surface area (Å²) in [6.07, 6.45) is 0. The third kappa shape index (κ3) is 3.89. The fourth-order valence-corrected chi connectivity index (χ4v) is 4.01. The summed E-state index contributed by atoms with van der Waals surface area (Å²) in [5, 5.41) is 9.03. The molecule has 0 saturated heterocycles. The van der Waals surface area contributed by atoms with Gasteiger partial charge in [-0.05, 0) is 54.4 Å². The zero-order chi connectivity index (χ0) is 17.9. The third-order valence-electron chi connectivity index (χ3n) is 3.23. The van der Waals surface area contributed by atoms with Crippen molar-refractivity contribution in [2.45, 2.75) is 25.7 Å². The number of hydrogen-bond donors (Lipinski definition) is 0. The van der Waals surface area contributed by atoms with Gasteiger partial charge in [-0.25, -0.2) is 0 Å². The average molecular weight is 410 g/mol. The van der Waals surface area contributed by atoms with Crippen molar-refractivity contribution in [3.8, 4) is 17.6 Å². The van der Waals surface area contributed by atoms with E-state index in [2.05, 4.69) is 15.9 Å². The normalized spacial score (nSPS) is 11.0. The van der Waals surface area contributed by atoms with E-state index in [9.17, 15) is 8.42 Å². The van der Waals surface area contributed by atoms with Gasteiger partial charge in [0.1, 0.15) is 4.90 Å². The molecule has 0 aliphatic rings. The van der Waals surface area contributed by atoms with Gasteiger partial charge < -0.3 is 8.92 Å². The molecular weight excluding hydrogens is 394 g/mol. The quantitative estimate of drug-likeness (QED) is 0.694. The van der Waals surface area contributed by atoms with Gasteiger partial charge in [0.05, 0.1) is 22.7 Å². The van der Waals surface area contributed by atoms with Crippen molar-refractivity contribution in [1.82, 2.24) is 0 Å². The minimum absolute atomic E-state index is 0.0239. The zero-order valence-corrected chi connectivity index (χ0v) is 15.9. The van der Waals surface area contributed by atoms with Crippen LogP contribution in [0.3, 0.4) is 0 Å². The predicted molar refractivity (Wildman–Crippen MR) is 93.8 cm³/mol. The average Bonchev–Trinajstić information content (AvgIpc) is 2.50. The molecule has 0 heterocycles. The fraction of sp³-hybridized carbons (Fsp3) is 0.235. The molecule has 2 rings (SSSR count). The molecule has 2 aromatic carbocycles. The molecular formula is C17H16BrNO4S. The van der Waals surface area contributed by atoms with Crippen molar-refractivity contribution in [3.63, 3.8) is 0 Å². The highest BCUT2D eigenvalue weighted by Gasteiger charge is 2.23. The third-order valence-corrected chi connectivity index (χ3v) is 5.20. The summed E-state index contributed by atoms with van der Waals surface area (Å²) in [7, 11) is -4.04. The standard InChI is InChI=1S/C17H16BrNO4S/c1-4-22-15-9-13(10-19)8-14(18)17(15)23-24(20,21)16-6-5-11(2)7-12(16)3/h5-9H,4H2,1-3H3. The summed E-state index contributed by atoms with van der Waals surface area (Å²) in [6.45, 7) is 5.66. The molecule has 5 nitrogen and oxygen atoms in total. The molecule has 7 heteroatoms. The van der Waals surface area contributed by atoms with Crippen LogP contribution >= 0.6 is 15.9 Å². The predicted octanol–water partition coefficient (Wildman–Crippen LogP) is 4.10. The molecule has 0 aliphatic heterocycles. The summed E-state index contributed by atoms with van der Waals surface area (Å²) in [5.41, 5.74) is 1.89. The lowest BCUT2D eigenvalue weighted by molar-refractivity contribution is 0.327. The van der Waals surface area contributed by atoms with Crippen molar-refractivity contribution in [1.29, 1.82) is 5.26 Å². The summed E-state index contributed by atoms with van der Waals surface area (Å²) in [5.74, 6) is 0.215. The molecule has 0 saturated carbocycles. The second-order valence-corrected chi connectivity index (χ2v) is 7.51. The van der Waals surface area contributed by atoms with Crippen molar-refractivity contribution in [2.24, 2.45) is 0 Å². The fourth-order valence-electron chi connectivity index (χ4n) is 2.21. The highest BCUT2D eigenvalue weighted by molar-refractivity contribution is 9.10. The van der Waals surface area contributed by atoms with E-state index in [0.29, 0.717) is 22.2 Å². The Bertz CT molecular complexity index is 917. The number of aryl methyl sites for hydroxylation is 2. The van der Waals surface area contributed by atoms with E-state index in [1.54, 1.807) is 26.0 Å². The van der Waals surface area contributed by atoms with Crippen LogP contribution in [0.4, 0.5) is 0 Å². The maximum absolute atomic E-state index is 12.6. The Labute approximate surface area is 150 Å². The Morgan fingerprint density at radius 1 is 1.21 bits per heavy atom. The highest BCUT2D eigenvalue weighted by atomic mass is 79.9. The van der Waals surface area contributed by atoms with Crippen LogP contribution in [0.2, 0.25) is 0 Å². The second-order valence-electron chi connectivity index (χ2n) is 5.14. The molecule has 0 bridgehead atoms. The van der Waals surface area contributed by atoms with Gasteiger partial charge in [0.15, 0.2) is 11.5 Å². The lowest BCUT2D eigenvalue weighted by Crippen LogP contribution is -2.13. The maximum Gasteiger partial charge on any atom is 0.339 e. The van der Waals surface area contributed by atoms with Crippen molar-refractivity contribution >= 4 is 26.0 Å². The summed E-state index contributed by atoms with van der Waals surface area (Å²) < 4.78 is 36.3. The van der Waals surface area contributed by atoms with E-state index >= 15 is 0 Å². The number of halogens is 1. The van der Waals surface area contributed by atoms with E-state index in [4.69, 9.17) is 14.2 Å². The van der Waals surface area contributed by atoms with E-state index in [1.807, 2.05) is 13.0 Å². The molecule has 0 fully saturated rings. The second kappa shape index (κ2) is 7.24. The lowest BCUT2D eigenvalue weighted by atomic mass is 10.2. The number of benzene rings is 2. The largest absolute Gasteiger partial charge is 0.490 e. The van der Waals surface area contributed by atoms with Crippen molar-refractivity contribution in [2.75, 3.05) is 6.61 Å². The number of rotatable bonds is 5. The first-order chi connectivity index (χ1) is 11.3. The van der Waals surface area contributed by atoms with Crippen LogP contribution in [0.1, 0.15) is 23.6 Å². The lowest BCUT2D eigenvalue weighted by Gasteiger charge is -2.15. The molecule has 0 spiro atoms. The Hall–Kier alpha value is -2.04. The molecule has 2 aromatic rings. The monoisotopic (exact) mass is 409 g/mol. The molecule has 0 aromatic heterocycles. The first-order valence-electron chi connectivity index (χ1n) is 7.16. The van der Waals surface area contributed by atoms with Crippen LogP contribution in [-0.2, 0) is 10.1 Å². The molecule has 0 N–H and O–H groups in total. The number of nitriles is 1. The Balaban J connectivity index is 2.51. The SMILES string of the molecule is CCOc1cc(C#N)cc(Br)c1OS(=O)(=O)c1ccc(C)cc1C. The highest BCUT2D eigenvalue weighted by Crippen LogP contribution is 2.38. The first kappa shape index (κ1) is 18.3. The number of ether oxygens (including phenoxy) is 1. The van der Waals surface area contributed by atoms with Crippen LogP contribution in [-0.4, -0.2) is 15.0 Å². The first-order valence-corrected chi connectivity index (χ1v) is 9.36. The Morgan fingerprint density at radius 2 is 1.92 bits per heavy atom. The van der Waals surface area contributed by atoms with Gasteiger partial charge in [0, 0.05) is 6.07 Å². The topological polar surface area (TPSA) is 76.4 Å². The van der Waals surface area contributed by atoms with Gasteiger partial charge in [0.2, 0.25) is 0 Å². The Kier molecular flexibility index (Phi) is 5.52. The smallest absolute Gasteiger partial charge is 0.339 e. The Morgan fingerprint density at radius 3 is 2.50 bits per heavy atom. The van der Waals surface area contributed by atoms with E-state index in [-0.39, 0.29) is 16.4 Å². The van der Waals surface area contributed by atoms with E-state index in [0.717, 1.165) is 5.56 Å². The van der Waals surface area contributed by atoms with Crippen LogP contribution in [0.5, 0.6) is 11.5 Å². The number of nitrogens with zero attached hydrogens (tertiary/aromatic N) is 1. The van der Waals surface area contributed by atoms with Crippen molar-refractivity contribution < 1.29 is 17.3 Å². The minimum Gasteiger partial charge on any atom is -0.490 e. The molecule has 0 atom stereocenters. The summed E-state index contributed by atoms with van der Waals surface area (Å²) in [4.78, 5) is 0.0896. The zero-order valence-electron chi connectivity index (χ0n) is 13.5. The van der Waals surface area contributed by atoms with Crippen molar-refractivity contribution in [3.05, 3.63) is 51.5 Å². The van der Waals surface area contributed by atoms with E-state index in [1.165, 1.54) is 18.2 Å². The molecule has 0 unspecified atom stereocenters. The van der Waals surface area contributed by atoms with Gasteiger partial charge >= 0.3 is 10.1 Å². The van der Waals surface area contributed by atoms with Crippen LogP contribution < -0.4 is 8.92 Å². The molecule has 0 aliphatic carbocycles. The van der Waals surface area contributed by atoms with E-state index < -0.39 is 10.1 Å². The van der Waals surface area contributed by atoms with Gasteiger partial charge in [0.25, 0.3) is 0 Å². The molecule has 24 heavy (non-hydrogen) atoms. The van der Waals surface area contributed by atoms with Crippen LogP contribution in [0.25, 0.3) is 0 Å². The summed E-state index contributed by atoms with van der Waals surface area (Å²) in [6, 6.07) is 9.91.